The summed E-state index contributed by atoms with van der Waals surface area (Å²) in [7, 11) is 0. The summed E-state index contributed by atoms with van der Waals surface area (Å²) in [6.45, 7) is 2.01. The Labute approximate surface area is 110 Å². The fourth-order valence-corrected chi connectivity index (χ4v) is 1.84. The molecule has 1 aromatic heterocycles. The number of aliphatic hydroxyl groups is 1. The van der Waals surface area contributed by atoms with Crippen LogP contribution in [0.4, 0.5) is 0 Å². The van der Waals surface area contributed by atoms with Crippen LogP contribution in [-0.2, 0) is 0 Å². The molecular formula is C14H16N2O3. The largest absolute Gasteiger partial charge is 0.391 e. The van der Waals surface area contributed by atoms with Crippen molar-refractivity contribution in [3.8, 4) is 0 Å². The standard InChI is InChI=1S/C14H16N2O3/c1-2-9(17)8-15-14(19)11-7-13(18)16-12-6-4-3-5-10(11)12/h3-7,9,17H,2,8H2,1H3,(H,15,19)(H,16,18). The fraction of sp³-hybridized carbons (Fsp3) is 0.286. The summed E-state index contributed by atoms with van der Waals surface area (Å²) in [6, 6.07) is 8.39. The van der Waals surface area contributed by atoms with Gasteiger partial charge >= 0.3 is 0 Å². The maximum Gasteiger partial charge on any atom is 0.252 e. The lowest BCUT2D eigenvalue weighted by atomic mass is 10.1. The van der Waals surface area contributed by atoms with Crippen LogP contribution in [0.1, 0.15) is 23.7 Å². The Morgan fingerprint density at radius 1 is 1.42 bits per heavy atom. The van der Waals surface area contributed by atoms with E-state index in [-0.39, 0.29) is 18.0 Å². The number of carbonyl (C=O) groups is 1. The normalized spacial score (nSPS) is 12.3. The highest BCUT2D eigenvalue weighted by Gasteiger charge is 2.12. The molecular weight excluding hydrogens is 244 g/mol. The first-order valence-electron chi connectivity index (χ1n) is 6.20. The van der Waals surface area contributed by atoms with E-state index in [1.807, 2.05) is 6.92 Å². The molecule has 100 valence electrons. The van der Waals surface area contributed by atoms with Crippen molar-refractivity contribution < 1.29 is 9.90 Å². The minimum absolute atomic E-state index is 0.177. The second-order valence-electron chi connectivity index (χ2n) is 4.36. The molecule has 1 heterocycles. The number of para-hydroxylation sites is 1. The van der Waals surface area contributed by atoms with E-state index >= 15 is 0 Å². The SMILES string of the molecule is CCC(O)CNC(=O)c1cc(=O)[nH]c2ccccc12. The van der Waals surface area contributed by atoms with Gasteiger partial charge < -0.3 is 15.4 Å². The van der Waals surface area contributed by atoms with Gasteiger partial charge in [-0.3, -0.25) is 9.59 Å². The second-order valence-corrected chi connectivity index (χ2v) is 4.36. The van der Waals surface area contributed by atoms with Gasteiger partial charge in [-0.25, -0.2) is 0 Å². The molecule has 0 saturated heterocycles. The number of rotatable bonds is 4. The fourth-order valence-electron chi connectivity index (χ4n) is 1.84. The molecule has 0 fully saturated rings. The summed E-state index contributed by atoms with van der Waals surface area (Å²) >= 11 is 0. The van der Waals surface area contributed by atoms with E-state index in [0.29, 0.717) is 22.9 Å². The number of aromatic nitrogens is 1. The zero-order valence-electron chi connectivity index (χ0n) is 10.6. The summed E-state index contributed by atoms with van der Waals surface area (Å²) in [5.41, 5.74) is 0.624. The minimum Gasteiger partial charge on any atom is -0.391 e. The van der Waals surface area contributed by atoms with Crippen molar-refractivity contribution in [3.63, 3.8) is 0 Å². The molecule has 2 aromatic rings. The van der Waals surface area contributed by atoms with Crippen LogP contribution >= 0.6 is 0 Å². The molecule has 2 rings (SSSR count). The van der Waals surface area contributed by atoms with Crippen molar-refractivity contribution in [3.05, 3.63) is 46.2 Å². The number of benzene rings is 1. The Morgan fingerprint density at radius 3 is 2.89 bits per heavy atom. The first-order valence-corrected chi connectivity index (χ1v) is 6.20. The van der Waals surface area contributed by atoms with Gasteiger partial charge in [-0.15, -0.1) is 0 Å². The Balaban J connectivity index is 2.33. The molecule has 1 atom stereocenters. The Bertz CT molecular complexity index is 648. The van der Waals surface area contributed by atoms with Gasteiger partial charge in [-0.05, 0) is 12.5 Å². The molecule has 0 radical (unpaired) electrons. The van der Waals surface area contributed by atoms with Crippen molar-refractivity contribution in [1.82, 2.24) is 10.3 Å². The molecule has 0 aliphatic heterocycles. The van der Waals surface area contributed by atoms with Gasteiger partial charge in [-0.2, -0.15) is 0 Å². The number of nitrogens with one attached hydrogen (secondary N) is 2. The highest BCUT2D eigenvalue weighted by atomic mass is 16.3. The molecule has 0 saturated carbocycles. The maximum atomic E-state index is 12.1. The van der Waals surface area contributed by atoms with Crippen LogP contribution in [0.15, 0.2) is 35.1 Å². The molecule has 0 spiro atoms. The lowest BCUT2D eigenvalue weighted by molar-refractivity contribution is 0.0915. The van der Waals surface area contributed by atoms with E-state index in [1.165, 1.54) is 6.07 Å². The molecule has 5 heteroatoms. The predicted molar refractivity (Wildman–Crippen MR) is 73.2 cm³/mol. The van der Waals surface area contributed by atoms with Crippen molar-refractivity contribution in [2.75, 3.05) is 6.54 Å². The monoisotopic (exact) mass is 260 g/mol. The number of aliphatic hydroxyl groups excluding tert-OH is 1. The summed E-state index contributed by atoms with van der Waals surface area (Å²) in [5.74, 6) is -0.352. The third kappa shape index (κ3) is 3.00. The van der Waals surface area contributed by atoms with E-state index in [2.05, 4.69) is 10.3 Å². The van der Waals surface area contributed by atoms with Crippen molar-refractivity contribution in [2.24, 2.45) is 0 Å². The summed E-state index contributed by atoms with van der Waals surface area (Å²) < 4.78 is 0. The van der Waals surface area contributed by atoms with E-state index < -0.39 is 6.10 Å². The van der Waals surface area contributed by atoms with Crippen molar-refractivity contribution in [1.29, 1.82) is 0 Å². The maximum absolute atomic E-state index is 12.1. The Kier molecular flexibility index (Phi) is 3.97. The predicted octanol–water partition coefficient (Wildman–Crippen LogP) is 1.03. The third-order valence-electron chi connectivity index (χ3n) is 2.96. The average Bonchev–Trinajstić information content (AvgIpc) is 2.43. The highest BCUT2D eigenvalue weighted by molar-refractivity contribution is 6.05. The molecule has 0 aliphatic carbocycles. The van der Waals surface area contributed by atoms with Crippen molar-refractivity contribution >= 4 is 16.8 Å². The Hall–Kier alpha value is -2.14. The van der Waals surface area contributed by atoms with E-state index in [4.69, 9.17) is 0 Å². The number of amides is 1. The molecule has 19 heavy (non-hydrogen) atoms. The molecule has 0 bridgehead atoms. The highest BCUT2D eigenvalue weighted by Crippen LogP contribution is 2.14. The molecule has 5 nitrogen and oxygen atoms in total. The van der Waals surface area contributed by atoms with Gasteiger partial charge in [0.2, 0.25) is 5.56 Å². The zero-order valence-corrected chi connectivity index (χ0v) is 10.6. The first-order chi connectivity index (χ1) is 9.11. The van der Waals surface area contributed by atoms with Gasteiger partial charge in [0.05, 0.1) is 11.7 Å². The first kappa shape index (κ1) is 13.3. The Morgan fingerprint density at radius 2 is 2.16 bits per heavy atom. The quantitative estimate of drug-likeness (QED) is 0.768. The smallest absolute Gasteiger partial charge is 0.252 e. The van der Waals surface area contributed by atoms with Crippen LogP contribution in [-0.4, -0.2) is 28.6 Å². The van der Waals surface area contributed by atoms with Gasteiger partial charge in [0.15, 0.2) is 0 Å². The van der Waals surface area contributed by atoms with Gasteiger partial charge in [-0.1, -0.05) is 25.1 Å². The van der Waals surface area contributed by atoms with Gasteiger partial charge in [0.25, 0.3) is 5.91 Å². The zero-order chi connectivity index (χ0) is 13.8. The van der Waals surface area contributed by atoms with E-state index in [9.17, 15) is 14.7 Å². The lowest BCUT2D eigenvalue weighted by Crippen LogP contribution is -2.32. The number of fused-ring (bicyclic) bond motifs is 1. The van der Waals surface area contributed by atoms with Crippen LogP contribution in [0.3, 0.4) is 0 Å². The van der Waals surface area contributed by atoms with Gasteiger partial charge in [0.1, 0.15) is 0 Å². The number of H-pyrrole nitrogens is 1. The minimum atomic E-state index is -0.572. The molecule has 3 N–H and O–H groups in total. The summed E-state index contributed by atoms with van der Waals surface area (Å²) in [5, 5.41) is 12.8. The molecule has 1 amide bonds. The third-order valence-corrected chi connectivity index (χ3v) is 2.96. The summed E-state index contributed by atoms with van der Waals surface area (Å²) in [4.78, 5) is 26.3. The van der Waals surface area contributed by atoms with Crippen molar-refractivity contribution in [2.45, 2.75) is 19.4 Å². The average molecular weight is 260 g/mol. The molecule has 1 aromatic carbocycles. The number of carbonyl (C=O) groups excluding carboxylic acids is 1. The topological polar surface area (TPSA) is 82.2 Å². The van der Waals surface area contributed by atoms with E-state index in [0.717, 1.165) is 0 Å². The van der Waals surface area contributed by atoms with Crippen LogP contribution in [0.2, 0.25) is 0 Å². The molecule has 0 aliphatic rings. The second kappa shape index (κ2) is 5.67. The van der Waals surface area contributed by atoms with Crippen LogP contribution in [0.25, 0.3) is 10.9 Å². The number of pyridine rings is 1. The molecule has 1 unspecified atom stereocenters. The van der Waals surface area contributed by atoms with Crippen LogP contribution in [0, 0.1) is 0 Å². The summed E-state index contributed by atoms with van der Waals surface area (Å²) in [6.07, 6.45) is -0.00615. The number of hydrogen-bond acceptors (Lipinski definition) is 3. The van der Waals surface area contributed by atoms with Gasteiger partial charge in [0, 0.05) is 23.5 Å². The van der Waals surface area contributed by atoms with Crippen LogP contribution in [0.5, 0.6) is 0 Å². The number of hydrogen-bond donors (Lipinski definition) is 3. The van der Waals surface area contributed by atoms with Crippen LogP contribution < -0.4 is 10.9 Å². The number of aromatic amines is 1. The van der Waals surface area contributed by atoms with E-state index in [1.54, 1.807) is 24.3 Å². The lowest BCUT2D eigenvalue weighted by Gasteiger charge is -2.10.